The molecule has 1 atom stereocenters. The molecule has 0 aromatic carbocycles. The topological polar surface area (TPSA) is 57.7 Å². The van der Waals surface area contributed by atoms with Gasteiger partial charge in [-0.2, -0.15) is 5.10 Å². The van der Waals surface area contributed by atoms with E-state index in [1.807, 2.05) is 11.8 Å². The number of alkyl halides is 1. The molecule has 1 aliphatic rings. The van der Waals surface area contributed by atoms with Crippen LogP contribution in [-0.2, 0) is 0 Å². The Morgan fingerprint density at radius 1 is 1.50 bits per heavy atom. The lowest BCUT2D eigenvalue weighted by molar-refractivity contribution is 0.364. The largest absolute Gasteiger partial charge is 0.353 e. The number of rotatable bonds is 1. The van der Waals surface area contributed by atoms with Crippen molar-refractivity contribution >= 4 is 16.9 Å². The molecule has 5 nitrogen and oxygen atoms in total. The summed E-state index contributed by atoms with van der Waals surface area (Å²) < 4.78 is 13.2. The van der Waals surface area contributed by atoms with E-state index >= 15 is 0 Å². The summed E-state index contributed by atoms with van der Waals surface area (Å²) >= 11 is 0. The molecule has 0 saturated carbocycles. The zero-order valence-electron chi connectivity index (χ0n) is 8.94. The van der Waals surface area contributed by atoms with Crippen molar-refractivity contribution in [2.45, 2.75) is 19.5 Å². The van der Waals surface area contributed by atoms with Gasteiger partial charge in [0.25, 0.3) is 0 Å². The molecule has 0 radical (unpaired) electrons. The normalized spacial score (nSPS) is 20.9. The number of halogens is 1. The fourth-order valence-electron chi connectivity index (χ4n) is 2.08. The van der Waals surface area contributed by atoms with E-state index < -0.39 is 6.17 Å². The Labute approximate surface area is 91.7 Å². The van der Waals surface area contributed by atoms with Crippen LogP contribution in [0.2, 0.25) is 0 Å². The van der Waals surface area contributed by atoms with Crippen LogP contribution in [0, 0.1) is 6.92 Å². The maximum Gasteiger partial charge on any atom is 0.161 e. The summed E-state index contributed by atoms with van der Waals surface area (Å²) in [5.74, 6) is 1.46. The smallest absolute Gasteiger partial charge is 0.161 e. The van der Waals surface area contributed by atoms with Gasteiger partial charge in [0, 0.05) is 6.54 Å². The van der Waals surface area contributed by atoms with Gasteiger partial charge in [-0.3, -0.25) is 5.10 Å². The van der Waals surface area contributed by atoms with Crippen molar-refractivity contribution in [2.24, 2.45) is 0 Å². The summed E-state index contributed by atoms with van der Waals surface area (Å²) in [7, 11) is 0. The molecule has 0 spiro atoms. The van der Waals surface area contributed by atoms with Crippen molar-refractivity contribution in [3.8, 4) is 0 Å². The molecular weight excluding hydrogens is 209 g/mol. The van der Waals surface area contributed by atoms with Crippen molar-refractivity contribution in [1.29, 1.82) is 0 Å². The molecule has 0 aliphatic carbocycles. The molecular formula is C10H12FN5. The van der Waals surface area contributed by atoms with Crippen LogP contribution in [0.1, 0.15) is 12.2 Å². The van der Waals surface area contributed by atoms with Crippen LogP contribution in [0.3, 0.4) is 0 Å². The summed E-state index contributed by atoms with van der Waals surface area (Å²) in [6.45, 7) is 2.95. The number of aromatic nitrogens is 4. The molecule has 0 unspecified atom stereocenters. The highest BCUT2D eigenvalue weighted by molar-refractivity contribution is 5.86. The minimum absolute atomic E-state index is 0.413. The van der Waals surface area contributed by atoms with E-state index in [1.165, 1.54) is 0 Å². The minimum Gasteiger partial charge on any atom is -0.353 e. The number of H-pyrrole nitrogens is 1. The molecule has 3 rings (SSSR count). The van der Waals surface area contributed by atoms with E-state index in [-0.39, 0.29) is 0 Å². The van der Waals surface area contributed by atoms with Crippen LogP contribution in [-0.4, -0.2) is 39.4 Å². The van der Waals surface area contributed by atoms with Crippen LogP contribution < -0.4 is 4.90 Å². The van der Waals surface area contributed by atoms with E-state index in [0.717, 1.165) is 11.2 Å². The first-order chi connectivity index (χ1) is 7.74. The highest BCUT2D eigenvalue weighted by Crippen LogP contribution is 2.26. The van der Waals surface area contributed by atoms with Crippen LogP contribution in [0.4, 0.5) is 10.2 Å². The van der Waals surface area contributed by atoms with Crippen molar-refractivity contribution in [1.82, 2.24) is 20.2 Å². The third-order valence-electron chi connectivity index (χ3n) is 2.83. The lowest BCUT2D eigenvalue weighted by atomic mass is 10.3. The number of nitrogens with one attached hydrogen (secondary N) is 1. The number of aromatic amines is 1. The van der Waals surface area contributed by atoms with Gasteiger partial charge in [0.15, 0.2) is 5.65 Å². The summed E-state index contributed by atoms with van der Waals surface area (Å²) in [4.78, 5) is 10.6. The number of aryl methyl sites for hydroxylation is 1. The van der Waals surface area contributed by atoms with Crippen LogP contribution in [0.15, 0.2) is 6.20 Å². The van der Waals surface area contributed by atoms with Gasteiger partial charge in [0.2, 0.25) is 0 Å². The van der Waals surface area contributed by atoms with E-state index in [1.54, 1.807) is 6.20 Å². The first-order valence-electron chi connectivity index (χ1n) is 5.31. The fourth-order valence-corrected chi connectivity index (χ4v) is 2.08. The van der Waals surface area contributed by atoms with Gasteiger partial charge >= 0.3 is 0 Å². The predicted octanol–water partition coefficient (Wildman–Crippen LogP) is 1.21. The van der Waals surface area contributed by atoms with Crippen molar-refractivity contribution < 1.29 is 4.39 Å². The number of nitrogens with zero attached hydrogens (tertiary/aromatic N) is 4. The highest BCUT2D eigenvalue weighted by atomic mass is 19.1. The Kier molecular flexibility index (Phi) is 2.02. The lowest BCUT2D eigenvalue weighted by Gasteiger charge is -2.16. The fraction of sp³-hybridized carbons (Fsp3) is 0.500. The van der Waals surface area contributed by atoms with Crippen molar-refractivity contribution in [2.75, 3.05) is 18.0 Å². The van der Waals surface area contributed by atoms with Gasteiger partial charge in [-0.25, -0.2) is 14.4 Å². The monoisotopic (exact) mass is 221 g/mol. The summed E-state index contributed by atoms with van der Waals surface area (Å²) in [6, 6.07) is 0. The third kappa shape index (κ3) is 1.41. The summed E-state index contributed by atoms with van der Waals surface area (Å²) in [5.41, 5.74) is 0.713. The molecule has 0 bridgehead atoms. The van der Waals surface area contributed by atoms with Crippen molar-refractivity contribution in [3.05, 3.63) is 12.0 Å². The maximum absolute atomic E-state index is 13.2. The van der Waals surface area contributed by atoms with Gasteiger partial charge in [0.05, 0.1) is 18.1 Å². The molecule has 84 valence electrons. The zero-order valence-corrected chi connectivity index (χ0v) is 8.94. The molecule has 1 N–H and O–H groups in total. The van der Waals surface area contributed by atoms with Gasteiger partial charge in [-0.1, -0.05) is 0 Å². The van der Waals surface area contributed by atoms with Gasteiger partial charge < -0.3 is 4.90 Å². The van der Waals surface area contributed by atoms with Gasteiger partial charge in [-0.15, -0.1) is 0 Å². The number of anilines is 1. The Hall–Kier alpha value is -1.72. The molecule has 6 heteroatoms. The lowest BCUT2D eigenvalue weighted by Crippen LogP contribution is -2.21. The van der Waals surface area contributed by atoms with E-state index in [9.17, 15) is 4.39 Å². The average Bonchev–Trinajstić information content (AvgIpc) is 2.84. The highest BCUT2D eigenvalue weighted by Gasteiger charge is 2.25. The van der Waals surface area contributed by atoms with E-state index in [0.29, 0.717) is 31.0 Å². The van der Waals surface area contributed by atoms with Crippen LogP contribution in [0.25, 0.3) is 11.0 Å². The Bertz CT molecular complexity index is 523. The molecule has 0 amide bonds. The molecule has 1 aliphatic heterocycles. The third-order valence-corrected chi connectivity index (χ3v) is 2.83. The minimum atomic E-state index is -0.753. The SMILES string of the molecule is Cc1nc(N2CC[C@H](F)C2)c2cn[nH]c2n1. The molecule has 1 fully saturated rings. The quantitative estimate of drug-likeness (QED) is 0.786. The second kappa shape index (κ2) is 3.40. The molecule has 2 aromatic rings. The van der Waals surface area contributed by atoms with Gasteiger partial charge in [0.1, 0.15) is 17.8 Å². The van der Waals surface area contributed by atoms with Crippen molar-refractivity contribution in [3.63, 3.8) is 0 Å². The van der Waals surface area contributed by atoms with Crippen LogP contribution in [0.5, 0.6) is 0 Å². The standard InChI is InChI=1S/C10H12FN5/c1-6-13-9-8(4-12-15-9)10(14-6)16-3-2-7(11)5-16/h4,7H,2-3,5H2,1H3,(H,12,13,14,15)/t7-/m0/s1. The predicted molar refractivity (Wildman–Crippen MR) is 58.1 cm³/mol. The summed E-state index contributed by atoms with van der Waals surface area (Å²) in [6.07, 6.45) is 1.51. The molecule has 2 aromatic heterocycles. The second-order valence-corrected chi connectivity index (χ2v) is 4.06. The first kappa shape index (κ1) is 9.50. The van der Waals surface area contributed by atoms with Gasteiger partial charge in [-0.05, 0) is 13.3 Å². The molecule has 1 saturated heterocycles. The van der Waals surface area contributed by atoms with Crippen LogP contribution >= 0.6 is 0 Å². The second-order valence-electron chi connectivity index (χ2n) is 4.06. The Balaban J connectivity index is 2.11. The number of hydrogen-bond donors (Lipinski definition) is 1. The van der Waals surface area contributed by atoms with E-state index in [4.69, 9.17) is 0 Å². The maximum atomic E-state index is 13.2. The molecule has 16 heavy (non-hydrogen) atoms. The summed E-state index contributed by atoms with van der Waals surface area (Å²) in [5, 5.41) is 7.62. The Morgan fingerprint density at radius 3 is 3.12 bits per heavy atom. The number of fused-ring (bicyclic) bond motifs is 1. The Morgan fingerprint density at radius 2 is 2.38 bits per heavy atom. The van der Waals surface area contributed by atoms with E-state index in [2.05, 4.69) is 20.2 Å². The molecule has 3 heterocycles. The number of hydrogen-bond acceptors (Lipinski definition) is 4. The average molecular weight is 221 g/mol. The first-order valence-corrected chi connectivity index (χ1v) is 5.31. The zero-order chi connectivity index (χ0) is 11.1.